The number of likely N-dealkylation sites (N-methyl/N-ethyl adjacent to an activating group) is 1. The number of carbonyl (C=O) groups excluding carboxylic acids is 2. The lowest BCUT2D eigenvalue weighted by Crippen LogP contribution is -2.47. The first-order valence-electron chi connectivity index (χ1n) is 7.65. The van der Waals surface area contributed by atoms with Crippen molar-refractivity contribution in [1.29, 1.82) is 0 Å². The summed E-state index contributed by atoms with van der Waals surface area (Å²) in [6.45, 7) is 3.19. The van der Waals surface area contributed by atoms with Crippen LogP contribution >= 0.6 is 0 Å². The van der Waals surface area contributed by atoms with Gasteiger partial charge in [0.1, 0.15) is 0 Å². The molecule has 0 saturated carbocycles. The largest absolute Gasteiger partial charge is 0.463 e. The number of nitrogens with zero attached hydrogens (tertiary/aromatic N) is 2. The number of benzene rings is 1. The molecule has 0 radical (unpaired) electrons. The predicted molar refractivity (Wildman–Crippen MR) is 84.4 cm³/mol. The monoisotopic (exact) mass is 356 g/mol. The summed E-state index contributed by atoms with van der Waals surface area (Å²) in [6.07, 6.45) is -4.61. The summed E-state index contributed by atoms with van der Waals surface area (Å²) >= 11 is 0. The van der Waals surface area contributed by atoms with E-state index in [1.165, 1.54) is 44.1 Å². The van der Waals surface area contributed by atoms with Crippen molar-refractivity contribution < 1.29 is 27.5 Å². The summed E-state index contributed by atoms with van der Waals surface area (Å²) in [5.41, 5.74) is -0.771. The Morgan fingerprint density at radius 1 is 1.24 bits per heavy atom. The highest BCUT2D eigenvalue weighted by molar-refractivity contribution is 5.95. The SMILES string of the molecule is CCOC(=O)C1=C(C)N(C)C(=O)N(C)[C@H]1c1ccccc1C(F)(F)F. The number of allylic oxidation sites excluding steroid dienone is 1. The second-order valence-corrected chi connectivity index (χ2v) is 5.66. The molecule has 2 rings (SSSR count). The van der Waals surface area contributed by atoms with Gasteiger partial charge in [0.25, 0.3) is 0 Å². The van der Waals surface area contributed by atoms with Crippen LogP contribution < -0.4 is 0 Å². The van der Waals surface area contributed by atoms with E-state index in [2.05, 4.69) is 0 Å². The average molecular weight is 356 g/mol. The molecule has 1 atom stereocenters. The van der Waals surface area contributed by atoms with E-state index >= 15 is 0 Å². The minimum atomic E-state index is -4.61. The maximum atomic E-state index is 13.4. The van der Waals surface area contributed by atoms with Gasteiger partial charge in [-0.05, 0) is 25.5 Å². The van der Waals surface area contributed by atoms with Gasteiger partial charge in [0.2, 0.25) is 0 Å². The Balaban J connectivity index is 2.72. The topological polar surface area (TPSA) is 49.9 Å². The summed E-state index contributed by atoms with van der Waals surface area (Å²) in [5, 5.41) is 0. The molecule has 0 unspecified atom stereocenters. The van der Waals surface area contributed by atoms with Gasteiger partial charge in [0.05, 0.1) is 23.8 Å². The molecule has 25 heavy (non-hydrogen) atoms. The molecule has 5 nitrogen and oxygen atoms in total. The Kier molecular flexibility index (Phi) is 5.10. The van der Waals surface area contributed by atoms with E-state index in [1.807, 2.05) is 0 Å². The van der Waals surface area contributed by atoms with E-state index in [4.69, 9.17) is 4.74 Å². The molecule has 0 bridgehead atoms. The van der Waals surface area contributed by atoms with Crippen molar-refractivity contribution >= 4 is 12.0 Å². The first-order chi connectivity index (χ1) is 11.6. The smallest absolute Gasteiger partial charge is 0.416 e. The fourth-order valence-electron chi connectivity index (χ4n) is 2.89. The Morgan fingerprint density at radius 3 is 2.40 bits per heavy atom. The third-order valence-electron chi connectivity index (χ3n) is 4.20. The molecule has 1 aliphatic rings. The van der Waals surface area contributed by atoms with E-state index in [0.29, 0.717) is 0 Å². The maximum absolute atomic E-state index is 13.4. The van der Waals surface area contributed by atoms with Crippen LogP contribution in [-0.2, 0) is 15.7 Å². The number of ether oxygens (including phenoxy) is 1. The van der Waals surface area contributed by atoms with Gasteiger partial charge in [-0.25, -0.2) is 9.59 Å². The van der Waals surface area contributed by atoms with Crippen molar-refractivity contribution in [3.05, 3.63) is 46.7 Å². The number of rotatable bonds is 3. The number of amides is 2. The molecule has 1 aliphatic heterocycles. The van der Waals surface area contributed by atoms with Gasteiger partial charge >= 0.3 is 18.2 Å². The van der Waals surface area contributed by atoms with Crippen LogP contribution in [0, 0.1) is 0 Å². The highest BCUT2D eigenvalue weighted by Gasteiger charge is 2.43. The molecule has 8 heteroatoms. The van der Waals surface area contributed by atoms with E-state index in [-0.39, 0.29) is 23.4 Å². The van der Waals surface area contributed by atoms with Crippen molar-refractivity contribution in [2.24, 2.45) is 0 Å². The van der Waals surface area contributed by atoms with E-state index in [9.17, 15) is 22.8 Å². The van der Waals surface area contributed by atoms with Crippen molar-refractivity contribution in [1.82, 2.24) is 9.80 Å². The van der Waals surface area contributed by atoms with Crippen molar-refractivity contribution in [2.45, 2.75) is 26.1 Å². The predicted octanol–water partition coefficient (Wildman–Crippen LogP) is 3.58. The molecule has 1 aromatic carbocycles. The van der Waals surface area contributed by atoms with Crippen LogP contribution in [0.15, 0.2) is 35.5 Å². The van der Waals surface area contributed by atoms with Crippen LogP contribution in [0.25, 0.3) is 0 Å². The third kappa shape index (κ3) is 3.33. The first kappa shape index (κ1) is 18.8. The van der Waals surface area contributed by atoms with E-state index in [1.54, 1.807) is 6.92 Å². The molecule has 0 spiro atoms. The van der Waals surface area contributed by atoms with Gasteiger partial charge in [0.15, 0.2) is 0 Å². The minimum absolute atomic E-state index is 0.0168. The van der Waals surface area contributed by atoms with Crippen molar-refractivity contribution in [3.8, 4) is 0 Å². The second kappa shape index (κ2) is 6.78. The lowest BCUT2D eigenvalue weighted by molar-refractivity contribution is -0.141. The molecule has 0 saturated heterocycles. The molecule has 1 aromatic rings. The Labute approximate surface area is 143 Å². The number of alkyl halides is 3. The zero-order chi connectivity index (χ0) is 18.9. The van der Waals surface area contributed by atoms with E-state index < -0.39 is 29.8 Å². The lowest BCUT2D eigenvalue weighted by Gasteiger charge is -2.40. The van der Waals surface area contributed by atoms with Crippen molar-refractivity contribution in [3.63, 3.8) is 0 Å². The summed E-state index contributed by atoms with van der Waals surface area (Å²) in [7, 11) is 2.82. The summed E-state index contributed by atoms with van der Waals surface area (Å²) in [6, 6.07) is 3.23. The van der Waals surface area contributed by atoms with Crippen LogP contribution in [-0.4, -0.2) is 42.5 Å². The number of urea groups is 1. The Morgan fingerprint density at radius 2 is 1.84 bits per heavy atom. The van der Waals surface area contributed by atoms with E-state index in [0.717, 1.165) is 11.0 Å². The lowest BCUT2D eigenvalue weighted by atomic mass is 9.90. The van der Waals surface area contributed by atoms with Gasteiger partial charge in [-0.2, -0.15) is 13.2 Å². The Hall–Kier alpha value is -2.51. The third-order valence-corrected chi connectivity index (χ3v) is 4.20. The highest BCUT2D eigenvalue weighted by Crippen LogP contribution is 2.42. The number of halogens is 3. The molecule has 0 N–H and O–H groups in total. The second-order valence-electron chi connectivity index (χ2n) is 5.66. The molecular formula is C17H19F3N2O3. The van der Waals surface area contributed by atoms with Gasteiger partial charge in [0, 0.05) is 19.8 Å². The van der Waals surface area contributed by atoms with Crippen molar-refractivity contribution in [2.75, 3.05) is 20.7 Å². The van der Waals surface area contributed by atoms with Gasteiger partial charge < -0.3 is 14.5 Å². The fraction of sp³-hybridized carbons (Fsp3) is 0.412. The normalized spacial score (nSPS) is 18.7. The van der Waals surface area contributed by atoms with Gasteiger partial charge in [-0.1, -0.05) is 18.2 Å². The van der Waals surface area contributed by atoms with Crippen LogP contribution in [0.4, 0.5) is 18.0 Å². The molecule has 2 amide bonds. The van der Waals surface area contributed by atoms with Gasteiger partial charge in [-0.3, -0.25) is 0 Å². The zero-order valence-electron chi connectivity index (χ0n) is 14.3. The molecular weight excluding hydrogens is 337 g/mol. The number of esters is 1. The zero-order valence-corrected chi connectivity index (χ0v) is 14.3. The molecule has 0 aromatic heterocycles. The molecule has 0 aliphatic carbocycles. The summed E-state index contributed by atoms with van der Waals surface area (Å²) < 4.78 is 45.3. The summed E-state index contributed by atoms with van der Waals surface area (Å²) in [5.74, 6) is -0.742. The van der Waals surface area contributed by atoms with Crippen LogP contribution in [0.3, 0.4) is 0 Å². The number of hydrogen-bond acceptors (Lipinski definition) is 3. The van der Waals surface area contributed by atoms with Crippen LogP contribution in [0.1, 0.15) is 31.0 Å². The standard InChI is InChI=1S/C17H19F3N2O3/c1-5-25-15(23)13-10(2)21(3)16(24)22(4)14(13)11-8-6-7-9-12(11)17(18,19)20/h6-9,14H,5H2,1-4H3/t14-/m0/s1. The highest BCUT2D eigenvalue weighted by atomic mass is 19.4. The Bertz CT molecular complexity index is 728. The quantitative estimate of drug-likeness (QED) is 0.778. The number of hydrogen-bond donors (Lipinski definition) is 0. The number of carbonyl (C=O) groups is 2. The maximum Gasteiger partial charge on any atom is 0.416 e. The average Bonchev–Trinajstić information content (AvgIpc) is 2.55. The molecule has 136 valence electrons. The van der Waals surface area contributed by atoms with Crippen LogP contribution in [0.5, 0.6) is 0 Å². The summed E-state index contributed by atoms with van der Waals surface area (Å²) in [4.78, 5) is 27.2. The molecule has 0 fully saturated rings. The van der Waals surface area contributed by atoms with Gasteiger partial charge in [-0.15, -0.1) is 0 Å². The molecule has 1 heterocycles. The first-order valence-corrected chi connectivity index (χ1v) is 7.65. The fourth-order valence-corrected chi connectivity index (χ4v) is 2.89. The minimum Gasteiger partial charge on any atom is -0.463 e. The van der Waals surface area contributed by atoms with Crippen LogP contribution in [0.2, 0.25) is 0 Å².